The molecular formula is C14H13BrClNO. The Balaban J connectivity index is 1.73. The van der Waals surface area contributed by atoms with Gasteiger partial charge in [0, 0.05) is 21.7 Å². The van der Waals surface area contributed by atoms with Crippen molar-refractivity contribution in [1.82, 2.24) is 0 Å². The zero-order valence-electron chi connectivity index (χ0n) is 9.70. The molecule has 94 valence electrons. The van der Waals surface area contributed by atoms with Crippen LogP contribution in [-0.4, -0.2) is 13.2 Å². The van der Waals surface area contributed by atoms with Crippen LogP contribution in [0, 0.1) is 0 Å². The topological polar surface area (TPSA) is 21.3 Å². The monoisotopic (exact) mass is 325 g/mol. The van der Waals surface area contributed by atoms with Crippen LogP contribution in [0.5, 0.6) is 5.75 Å². The van der Waals surface area contributed by atoms with E-state index < -0.39 is 0 Å². The van der Waals surface area contributed by atoms with E-state index in [1.165, 1.54) is 0 Å². The van der Waals surface area contributed by atoms with Crippen molar-refractivity contribution in [2.45, 2.75) is 0 Å². The lowest BCUT2D eigenvalue weighted by molar-refractivity contribution is 0.333. The van der Waals surface area contributed by atoms with Crippen molar-refractivity contribution in [2.75, 3.05) is 18.5 Å². The molecule has 0 bridgehead atoms. The van der Waals surface area contributed by atoms with Crippen molar-refractivity contribution < 1.29 is 4.74 Å². The Hall–Kier alpha value is -1.19. The third-order valence-corrected chi connectivity index (χ3v) is 3.14. The minimum absolute atomic E-state index is 0.609. The van der Waals surface area contributed by atoms with E-state index in [1.807, 2.05) is 48.5 Å². The first-order valence-electron chi connectivity index (χ1n) is 5.62. The van der Waals surface area contributed by atoms with E-state index in [-0.39, 0.29) is 0 Å². The van der Waals surface area contributed by atoms with Gasteiger partial charge >= 0.3 is 0 Å². The zero-order valence-corrected chi connectivity index (χ0v) is 12.0. The van der Waals surface area contributed by atoms with Crippen LogP contribution in [0.2, 0.25) is 5.02 Å². The van der Waals surface area contributed by atoms with Gasteiger partial charge in [0.25, 0.3) is 0 Å². The highest BCUT2D eigenvalue weighted by Gasteiger charge is 1.95. The highest BCUT2D eigenvalue weighted by atomic mass is 79.9. The van der Waals surface area contributed by atoms with Crippen molar-refractivity contribution in [3.8, 4) is 5.75 Å². The lowest BCUT2D eigenvalue weighted by Crippen LogP contribution is -2.11. The minimum atomic E-state index is 0.609. The molecule has 0 saturated heterocycles. The SMILES string of the molecule is Clc1ccc(OCCNc2ccc(Br)cc2)cc1. The summed E-state index contributed by atoms with van der Waals surface area (Å²) >= 11 is 9.19. The Bertz CT molecular complexity index is 437. The van der Waals surface area contributed by atoms with Gasteiger partial charge in [-0.1, -0.05) is 27.5 Å². The lowest BCUT2D eigenvalue weighted by atomic mass is 10.3. The summed E-state index contributed by atoms with van der Waals surface area (Å²) in [5.74, 6) is 0.831. The molecular weight excluding hydrogens is 314 g/mol. The maximum atomic E-state index is 5.79. The highest BCUT2D eigenvalue weighted by Crippen LogP contribution is 2.16. The summed E-state index contributed by atoms with van der Waals surface area (Å²) in [5.41, 5.74) is 1.08. The van der Waals surface area contributed by atoms with E-state index in [9.17, 15) is 0 Å². The zero-order chi connectivity index (χ0) is 12.8. The second kappa shape index (κ2) is 6.66. The van der Waals surface area contributed by atoms with Gasteiger partial charge in [0.15, 0.2) is 0 Å². The molecule has 0 fully saturated rings. The molecule has 0 atom stereocenters. The van der Waals surface area contributed by atoms with E-state index in [2.05, 4.69) is 21.2 Å². The number of halogens is 2. The van der Waals surface area contributed by atoms with E-state index in [0.29, 0.717) is 6.61 Å². The molecule has 1 N–H and O–H groups in total. The van der Waals surface area contributed by atoms with Crippen molar-refractivity contribution >= 4 is 33.2 Å². The molecule has 0 spiro atoms. The first-order valence-corrected chi connectivity index (χ1v) is 6.79. The number of rotatable bonds is 5. The molecule has 2 aromatic rings. The number of benzene rings is 2. The summed E-state index contributed by atoms with van der Waals surface area (Å²) < 4.78 is 6.65. The van der Waals surface area contributed by atoms with Crippen LogP contribution in [0.15, 0.2) is 53.0 Å². The van der Waals surface area contributed by atoms with Gasteiger partial charge in [0.05, 0.1) is 0 Å². The number of hydrogen-bond acceptors (Lipinski definition) is 2. The van der Waals surface area contributed by atoms with E-state index in [0.717, 1.165) is 27.5 Å². The molecule has 0 aliphatic carbocycles. The summed E-state index contributed by atoms with van der Waals surface area (Å²) in [6.45, 7) is 1.36. The van der Waals surface area contributed by atoms with Gasteiger partial charge in [-0.2, -0.15) is 0 Å². The Morgan fingerprint density at radius 1 is 1.00 bits per heavy atom. The van der Waals surface area contributed by atoms with Crippen molar-refractivity contribution in [2.24, 2.45) is 0 Å². The third kappa shape index (κ3) is 4.24. The summed E-state index contributed by atoms with van der Waals surface area (Å²) in [6, 6.07) is 15.4. The van der Waals surface area contributed by atoms with E-state index in [4.69, 9.17) is 16.3 Å². The standard InChI is InChI=1S/C14H13BrClNO/c15-11-1-5-13(6-2-11)17-9-10-18-14-7-3-12(16)4-8-14/h1-8,17H,9-10H2. The second-order valence-corrected chi connectivity index (χ2v) is 5.09. The van der Waals surface area contributed by atoms with E-state index in [1.54, 1.807) is 0 Å². The molecule has 0 saturated carbocycles. The van der Waals surface area contributed by atoms with Crippen LogP contribution < -0.4 is 10.1 Å². The van der Waals surface area contributed by atoms with Gasteiger partial charge in [-0.05, 0) is 48.5 Å². The number of nitrogens with one attached hydrogen (secondary N) is 1. The Labute approximate surface area is 120 Å². The first-order chi connectivity index (χ1) is 8.74. The molecule has 18 heavy (non-hydrogen) atoms. The maximum absolute atomic E-state index is 5.79. The van der Waals surface area contributed by atoms with Crippen molar-refractivity contribution in [3.05, 3.63) is 58.0 Å². The average molecular weight is 327 g/mol. The number of anilines is 1. The van der Waals surface area contributed by atoms with Crippen LogP contribution in [-0.2, 0) is 0 Å². The molecule has 0 aliphatic rings. The fraction of sp³-hybridized carbons (Fsp3) is 0.143. The van der Waals surface area contributed by atoms with Gasteiger partial charge in [0.2, 0.25) is 0 Å². The molecule has 4 heteroatoms. The van der Waals surface area contributed by atoms with Gasteiger partial charge in [0.1, 0.15) is 12.4 Å². The van der Waals surface area contributed by atoms with Crippen LogP contribution in [0.3, 0.4) is 0 Å². The predicted molar refractivity (Wildman–Crippen MR) is 79.6 cm³/mol. The van der Waals surface area contributed by atoms with Crippen LogP contribution in [0.4, 0.5) is 5.69 Å². The van der Waals surface area contributed by atoms with Gasteiger partial charge < -0.3 is 10.1 Å². The maximum Gasteiger partial charge on any atom is 0.119 e. The lowest BCUT2D eigenvalue weighted by Gasteiger charge is -2.08. The number of hydrogen-bond donors (Lipinski definition) is 1. The fourth-order valence-electron chi connectivity index (χ4n) is 1.46. The summed E-state index contributed by atoms with van der Waals surface area (Å²) in [4.78, 5) is 0. The van der Waals surface area contributed by atoms with Crippen LogP contribution in [0.1, 0.15) is 0 Å². The van der Waals surface area contributed by atoms with Gasteiger partial charge in [-0.25, -0.2) is 0 Å². The van der Waals surface area contributed by atoms with Crippen LogP contribution in [0.25, 0.3) is 0 Å². The quantitative estimate of drug-likeness (QED) is 0.811. The summed E-state index contributed by atoms with van der Waals surface area (Å²) in [7, 11) is 0. The molecule has 2 aromatic carbocycles. The largest absolute Gasteiger partial charge is 0.492 e. The Morgan fingerprint density at radius 2 is 1.67 bits per heavy atom. The highest BCUT2D eigenvalue weighted by molar-refractivity contribution is 9.10. The number of ether oxygens (including phenoxy) is 1. The van der Waals surface area contributed by atoms with Gasteiger partial charge in [-0.15, -0.1) is 0 Å². The molecule has 0 radical (unpaired) electrons. The first kappa shape index (κ1) is 13.2. The summed E-state index contributed by atoms with van der Waals surface area (Å²) in [5, 5.41) is 4.00. The minimum Gasteiger partial charge on any atom is -0.492 e. The molecule has 2 nitrogen and oxygen atoms in total. The molecule has 0 aliphatic heterocycles. The van der Waals surface area contributed by atoms with Crippen molar-refractivity contribution in [1.29, 1.82) is 0 Å². The van der Waals surface area contributed by atoms with Crippen LogP contribution >= 0.6 is 27.5 Å². The Morgan fingerprint density at radius 3 is 2.33 bits per heavy atom. The second-order valence-electron chi connectivity index (χ2n) is 3.74. The molecule has 0 unspecified atom stereocenters. The van der Waals surface area contributed by atoms with Gasteiger partial charge in [-0.3, -0.25) is 0 Å². The molecule has 0 aromatic heterocycles. The molecule has 0 amide bonds. The Kier molecular flexibility index (Phi) is 4.90. The summed E-state index contributed by atoms with van der Waals surface area (Å²) in [6.07, 6.45) is 0. The van der Waals surface area contributed by atoms with Crippen molar-refractivity contribution in [3.63, 3.8) is 0 Å². The smallest absolute Gasteiger partial charge is 0.119 e. The third-order valence-electron chi connectivity index (χ3n) is 2.36. The average Bonchev–Trinajstić information content (AvgIpc) is 2.39. The molecule has 2 rings (SSSR count). The normalized spacial score (nSPS) is 10.1. The predicted octanol–water partition coefficient (Wildman–Crippen LogP) is 4.59. The molecule has 0 heterocycles. The van der Waals surface area contributed by atoms with E-state index >= 15 is 0 Å². The fourth-order valence-corrected chi connectivity index (χ4v) is 1.85.